The van der Waals surface area contributed by atoms with Crippen molar-refractivity contribution in [2.24, 2.45) is 0 Å². The molecule has 0 unspecified atom stereocenters. The van der Waals surface area contributed by atoms with Gasteiger partial charge < -0.3 is 0 Å². The van der Waals surface area contributed by atoms with Crippen molar-refractivity contribution in [3.8, 4) is 0 Å². The Bertz CT molecular complexity index is 1250. The molecule has 0 aliphatic carbocycles. The summed E-state index contributed by atoms with van der Waals surface area (Å²) in [6.45, 7) is 4.93. The fraction of sp³-hybridized carbons (Fsp3) is 0.122. The topological polar surface area (TPSA) is 0 Å². The van der Waals surface area contributed by atoms with E-state index < -0.39 is 15.8 Å². The van der Waals surface area contributed by atoms with Gasteiger partial charge >= 0.3 is 21.1 Å². The van der Waals surface area contributed by atoms with Crippen LogP contribution in [0.5, 0.6) is 0 Å². The molecule has 0 N–H and O–H groups in total. The second-order valence-electron chi connectivity index (χ2n) is 10.2. The smallest absolute Gasteiger partial charge is 0.184 e. The van der Waals surface area contributed by atoms with Crippen LogP contribution in [-0.4, -0.2) is 11.3 Å². The molecule has 0 fully saturated rings. The van der Waals surface area contributed by atoms with Crippen LogP contribution in [-0.2, 0) is 21.1 Å². The van der Waals surface area contributed by atoms with Crippen LogP contribution in [0.2, 0.25) is 0 Å². The number of benzene rings is 6. The quantitative estimate of drug-likeness (QED) is 0.107. The van der Waals surface area contributed by atoms with Gasteiger partial charge in [-0.3, -0.25) is 0 Å². The Morgan fingerprint density at radius 1 is 0.386 bits per heavy atom. The van der Waals surface area contributed by atoms with Crippen LogP contribution < -0.4 is 21.2 Å². The second-order valence-corrected chi connectivity index (χ2v) is 15.5. The third-order valence-corrected chi connectivity index (χ3v) is 12.5. The minimum atomic E-state index is -0.397. The van der Waals surface area contributed by atoms with E-state index in [9.17, 15) is 0 Å². The van der Waals surface area contributed by atoms with Gasteiger partial charge in [-0.05, 0) is 54.8 Å². The number of hydrogen-bond donors (Lipinski definition) is 0. The van der Waals surface area contributed by atoms with Crippen molar-refractivity contribution < 1.29 is 21.1 Å². The Hall–Kier alpha value is -3.13. The number of rotatable bonds is 8. The van der Waals surface area contributed by atoms with Crippen LogP contribution >= 0.6 is 15.8 Å². The Balaban J connectivity index is 0.000000337. The molecule has 0 saturated heterocycles. The van der Waals surface area contributed by atoms with Crippen LogP contribution in [0.4, 0.5) is 0 Å². The molecule has 0 aliphatic rings. The van der Waals surface area contributed by atoms with Gasteiger partial charge in [0, 0.05) is 0 Å². The van der Waals surface area contributed by atoms with Crippen LogP contribution in [0, 0.1) is 12.1 Å². The molecule has 0 heterocycles. The first-order chi connectivity index (χ1) is 21.2. The van der Waals surface area contributed by atoms with Gasteiger partial charge in [-0.1, -0.05) is 135 Å². The first-order valence-corrected chi connectivity index (χ1v) is 17.7. The Morgan fingerprint density at radius 3 is 0.795 bits per heavy atom. The normalized spacial score (nSPS) is 11.5. The molecule has 0 bridgehead atoms. The molecule has 2 atom stereocenters. The molecule has 0 nitrogen and oxygen atoms in total. The average molecular weight is 790 g/mol. The predicted octanol–water partition coefficient (Wildman–Crippen LogP) is 9.39. The van der Waals surface area contributed by atoms with Gasteiger partial charge in [0.05, 0.1) is 0 Å². The predicted molar refractivity (Wildman–Crippen MR) is 192 cm³/mol. The van der Waals surface area contributed by atoms with E-state index in [-0.39, 0.29) is 21.1 Å². The van der Waals surface area contributed by atoms with E-state index in [1.807, 2.05) is 60.7 Å². The molecule has 0 amide bonds. The molecule has 6 aromatic rings. The fourth-order valence-electron chi connectivity index (χ4n) is 5.06. The van der Waals surface area contributed by atoms with Crippen molar-refractivity contribution >= 4 is 37.1 Å². The summed E-state index contributed by atoms with van der Waals surface area (Å²) >= 11 is 0. The van der Waals surface area contributed by atoms with Crippen LogP contribution in [0.25, 0.3) is 0 Å². The van der Waals surface area contributed by atoms with Crippen LogP contribution in [0.15, 0.2) is 182 Å². The van der Waals surface area contributed by atoms with Gasteiger partial charge in [-0.2, -0.15) is 72.8 Å². The third-order valence-electron chi connectivity index (χ3n) is 6.92. The molecule has 44 heavy (non-hydrogen) atoms. The maximum Gasteiger partial charge on any atom is 2.00 e. The summed E-state index contributed by atoms with van der Waals surface area (Å²) in [6.07, 6.45) is 1.21. The largest absolute Gasteiger partial charge is 2.00 e. The van der Waals surface area contributed by atoms with Crippen LogP contribution in [0.1, 0.15) is 20.3 Å². The standard InChI is InChI=1S/C29H30P2.2C6H5.Pt/c1-24(30(26-15-7-3-8-16-26)27-17-9-4-10-18-27)23-25(2)31(28-19-11-5-12-20-28)29-21-13-6-14-22-29;2*1-2-4-6-5-3-1;/h3-22,24-25H,23H2,1-2H3;2*1-5H;/q;2*-1;+2/t24-,25-;;;/m0.../s1. The molecule has 224 valence electrons. The second kappa shape index (κ2) is 20.8. The van der Waals surface area contributed by atoms with Crippen molar-refractivity contribution in [3.63, 3.8) is 0 Å². The maximum absolute atomic E-state index is 2.89. The number of hydrogen-bond acceptors (Lipinski definition) is 0. The summed E-state index contributed by atoms with van der Waals surface area (Å²) < 4.78 is 0. The molecule has 6 rings (SSSR count). The zero-order valence-electron chi connectivity index (χ0n) is 25.4. The van der Waals surface area contributed by atoms with Crippen LogP contribution in [0.3, 0.4) is 0 Å². The van der Waals surface area contributed by atoms with E-state index >= 15 is 0 Å². The fourth-order valence-corrected chi connectivity index (χ4v) is 10.9. The molecule has 0 aromatic heterocycles. The van der Waals surface area contributed by atoms with Gasteiger partial charge in [0.25, 0.3) is 0 Å². The first-order valence-electron chi connectivity index (χ1n) is 14.8. The zero-order chi connectivity index (χ0) is 30.0. The van der Waals surface area contributed by atoms with Crippen molar-refractivity contribution in [1.82, 2.24) is 0 Å². The molecular formula is C41H40P2Pt. The summed E-state index contributed by atoms with van der Waals surface area (Å²) in [7, 11) is -0.794. The van der Waals surface area contributed by atoms with Crippen molar-refractivity contribution in [1.29, 1.82) is 0 Å². The van der Waals surface area contributed by atoms with E-state index in [2.05, 4.69) is 147 Å². The van der Waals surface area contributed by atoms with Crippen molar-refractivity contribution in [2.75, 3.05) is 0 Å². The summed E-state index contributed by atoms with van der Waals surface area (Å²) in [5.41, 5.74) is 1.21. The van der Waals surface area contributed by atoms with Gasteiger partial charge in [0.2, 0.25) is 0 Å². The first kappa shape index (κ1) is 35.3. The average Bonchev–Trinajstić information content (AvgIpc) is 3.09. The molecular weight excluding hydrogens is 749 g/mol. The Kier molecular flexibility index (Phi) is 16.7. The minimum Gasteiger partial charge on any atom is -0.184 e. The van der Waals surface area contributed by atoms with Crippen molar-refractivity contribution in [3.05, 3.63) is 194 Å². The monoisotopic (exact) mass is 789 g/mol. The van der Waals surface area contributed by atoms with E-state index in [0.717, 1.165) is 0 Å². The molecule has 3 heteroatoms. The maximum atomic E-state index is 2.89. The van der Waals surface area contributed by atoms with Gasteiger partial charge in [0.15, 0.2) is 0 Å². The molecule has 0 saturated carbocycles. The van der Waals surface area contributed by atoms with E-state index in [0.29, 0.717) is 11.3 Å². The van der Waals surface area contributed by atoms with Gasteiger partial charge in [0.1, 0.15) is 0 Å². The molecule has 0 aliphatic heterocycles. The summed E-state index contributed by atoms with van der Waals surface area (Å²) in [4.78, 5) is 0. The van der Waals surface area contributed by atoms with E-state index in [4.69, 9.17) is 0 Å². The van der Waals surface area contributed by atoms with E-state index in [1.165, 1.54) is 27.6 Å². The molecule has 0 spiro atoms. The van der Waals surface area contributed by atoms with Crippen molar-refractivity contribution in [2.45, 2.75) is 31.6 Å². The van der Waals surface area contributed by atoms with Gasteiger partial charge in [-0.25, -0.2) is 0 Å². The SMILES string of the molecule is C[C@@H](C[C@H](C)P(c1ccccc1)c1ccccc1)P(c1ccccc1)c1ccccc1.[Pt+2].[c-]1ccccc1.[c-]1ccccc1. The molecule has 6 aromatic carbocycles. The Morgan fingerprint density at radius 2 is 0.614 bits per heavy atom. The zero-order valence-corrected chi connectivity index (χ0v) is 29.5. The summed E-state index contributed by atoms with van der Waals surface area (Å²) in [6, 6.07) is 69.5. The van der Waals surface area contributed by atoms with E-state index in [1.54, 1.807) is 0 Å². The minimum absolute atomic E-state index is 0. The molecule has 0 radical (unpaired) electrons. The summed E-state index contributed by atoms with van der Waals surface area (Å²) in [5.74, 6) is 0. The Labute approximate surface area is 282 Å². The van der Waals surface area contributed by atoms with Gasteiger partial charge in [-0.15, -0.1) is 0 Å². The summed E-state index contributed by atoms with van der Waals surface area (Å²) in [5, 5.41) is 5.92. The third kappa shape index (κ3) is 11.8.